The zero-order chi connectivity index (χ0) is 33.4. The highest BCUT2D eigenvalue weighted by Crippen LogP contribution is 2.34. The highest BCUT2D eigenvalue weighted by molar-refractivity contribution is 5.94. The number of rotatable bonds is 12. The van der Waals surface area contributed by atoms with Crippen LogP contribution in [0.1, 0.15) is 90.5 Å². The summed E-state index contributed by atoms with van der Waals surface area (Å²) in [6.07, 6.45) is 2.26. The number of benzene rings is 2. The van der Waals surface area contributed by atoms with Crippen molar-refractivity contribution < 1.29 is 33.8 Å². The van der Waals surface area contributed by atoms with Crippen molar-refractivity contribution in [2.24, 2.45) is 0 Å². The molecule has 0 bridgehead atoms. The lowest BCUT2D eigenvalue weighted by Crippen LogP contribution is -2.59. The molecule has 3 rings (SSSR count). The molecular weight excluding hydrogens is 574 g/mol. The topological polar surface area (TPSA) is 134 Å². The van der Waals surface area contributed by atoms with Crippen LogP contribution >= 0.6 is 0 Å². The largest absolute Gasteiger partial charge is 0.458 e. The van der Waals surface area contributed by atoms with Gasteiger partial charge in [0.15, 0.2) is 0 Å². The van der Waals surface area contributed by atoms with Crippen molar-refractivity contribution >= 4 is 23.9 Å². The van der Waals surface area contributed by atoms with E-state index in [1.807, 2.05) is 49.4 Å². The third-order valence-electron chi connectivity index (χ3n) is 7.41. The van der Waals surface area contributed by atoms with Crippen molar-refractivity contribution in [1.29, 1.82) is 0 Å². The minimum absolute atomic E-state index is 0.180. The van der Waals surface area contributed by atoms with Crippen LogP contribution in [0.5, 0.6) is 0 Å². The van der Waals surface area contributed by atoms with E-state index in [1.165, 1.54) is 4.90 Å². The maximum Gasteiger partial charge on any atom is 0.408 e. The molecule has 0 saturated heterocycles. The summed E-state index contributed by atoms with van der Waals surface area (Å²) in [7, 11) is 0. The van der Waals surface area contributed by atoms with E-state index in [2.05, 4.69) is 10.6 Å². The number of esters is 1. The molecule has 0 aromatic heterocycles. The second-order valence-corrected chi connectivity index (χ2v) is 13.5. The number of nitrogens with one attached hydrogen (secondary N) is 2. The Hall–Kier alpha value is -3.92. The normalized spacial score (nSPS) is 15.6. The number of alkyl carbamates (subject to hydrolysis) is 1. The maximum absolute atomic E-state index is 14.4. The summed E-state index contributed by atoms with van der Waals surface area (Å²) in [4.78, 5) is 56.1. The van der Waals surface area contributed by atoms with Crippen LogP contribution in [0.2, 0.25) is 0 Å². The van der Waals surface area contributed by atoms with Gasteiger partial charge in [0.05, 0.1) is 6.61 Å². The van der Waals surface area contributed by atoms with Crippen molar-refractivity contribution in [3.8, 4) is 0 Å². The second kappa shape index (κ2) is 15.4. The van der Waals surface area contributed by atoms with Gasteiger partial charge >= 0.3 is 12.1 Å². The van der Waals surface area contributed by atoms with Gasteiger partial charge < -0.3 is 30.1 Å². The fraction of sp³-hybridized carbons (Fsp3) is 0.543. The van der Waals surface area contributed by atoms with Gasteiger partial charge in [-0.1, -0.05) is 61.5 Å². The van der Waals surface area contributed by atoms with E-state index in [-0.39, 0.29) is 12.5 Å². The molecule has 0 radical (unpaired) electrons. The second-order valence-electron chi connectivity index (χ2n) is 13.5. The molecule has 0 heterocycles. The first kappa shape index (κ1) is 35.6. The van der Waals surface area contributed by atoms with E-state index in [0.29, 0.717) is 18.4 Å². The van der Waals surface area contributed by atoms with Gasteiger partial charge in [-0.25, -0.2) is 9.59 Å². The predicted octanol–water partition coefficient (Wildman–Crippen LogP) is 4.63. The van der Waals surface area contributed by atoms with Crippen molar-refractivity contribution in [2.75, 3.05) is 6.61 Å². The number of hydrogen-bond acceptors (Lipinski definition) is 7. The zero-order valence-electron chi connectivity index (χ0n) is 27.6. The van der Waals surface area contributed by atoms with Crippen LogP contribution in [-0.4, -0.2) is 69.8 Å². The van der Waals surface area contributed by atoms with Crippen molar-refractivity contribution in [3.05, 3.63) is 71.3 Å². The van der Waals surface area contributed by atoms with E-state index in [4.69, 9.17) is 9.47 Å². The van der Waals surface area contributed by atoms with Crippen LogP contribution in [0, 0.1) is 0 Å². The molecule has 3 unspecified atom stereocenters. The van der Waals surface area contributed by atoms with Crippen molar-refractivity contribution in [2.45, 2.75) is 116 Å². The molecule has 246 valence electrons. The summed E-state index contributed by atoms with van der Waals surface area (Å²) in [5, 5.41) is 15.6. The van der Waals surface area contributed by atoms with E-state index < -0.39 is 59.8 Å². The molecule has 2 aromatic rings. The maximum atomic E-state index is 14.4. The molecule has 1 aliphatic carbocycles. The lowest BCUT2D eigenvalue weighted by molar-refractivity contribution is -0.159. The number of carbonyl (C=O) groups excluding carboxylic acids is 4. The van der Waals surface area contributed by atoms with Gasteiger partial charge in [-0.3, -0.25) is 9.59 Å². The molecular formula is C35H49N3O7. The lowest BCUT2D eigenvalue weighted by atomic mass is 9.87. The molecule has 10 heteroatoms. The minimum atomic E-state index is -1.35. The molecule has 1 aliphatic rings. The Labute approximate surface area is 266 Å². The minimum Gasteiger partial charge on any atom is -0.458 e. The van der Waals surface area contributed by atoms with Crippen LogP contribution in [0.4, 0.5) is 4.79 Å². The first-order valence-electron chi connectivity index (χ1n) is 15.7. The summed E-state index contributed by atoms with van der Waals surface area (Å²) >= 11 is 0. The predicted molar refractivity (Wildman–Crippen MR) is 171 cm³/mol. The summed E-state index contributed by atoms with van der Waals surface area (Å²) in [5.41, 5.74) is 0.810. The lowest BCUT2D eigenvalue weighted by Gasteiger charge is -2.43. The zero-order valence-corrected chi connectivity index (χ0v) is 27.6. The smallest absolute Gasteiger partial charge is 0.408 e. The average Bonchev–Trinajstić information content (AvgIpc) is 2.93. The average molecular weight is 624 g/mol. The van der Waals surface area contributed by atoms with Crippen LogP contribution in [0.3, 0.4) is 0 Å². The van der Waals surface area contributed by atoms with Gasteiger partial charge in [0.1, 0.15) is 29.3 Å². The Bertz CT molecular complexity index is 1300. The molecule has 0 aliphatic heterocycles. The van der Waals surface area contributed by atoms with Gasteiger partial charge in [-0.15, -0.1) is 0 Å². The monoisotopic (exact) mass is 623 g/mol. The van der Waals surface area contributed by atoms with Crippen LogP contribution in [0.25, 0.3) is 0 Å². The SMILES string of the molecule is CCc1ccc(C(C(=O)NC(Cc2ccccc2)C(=O)OC(C)(C)C)N(C(=O)C(CO)NC(=O)OC(C)(C)C)C2CCC2)cc1. The highest BCUT2D eigenvalue weighted by atomic mass is 16.6. The fourth-order valence-electron chi connectivity index (χ4n) is 5.04. The summed E-state index contributed by atoms with van der Waals surface area (Å²) in [6.45, 7) is 11.7. The summed E-state index contributed by atoms with van der Waals surface area (Å²) in [5.74, 6) is -1.79. The van der Waals surface area contributed by atoms with E-state index in [0.717, 1.165) is 24.0 Å². The number of hydrogen-bond donors (Lipinski definition) is 3. The van der Waals surface area contributed by atoms with E-state index in [9.17, 15) is 24.3 Å². The first-order valence-corrected chi connectivity index (χ1v) is 15.7. The molecule has 3 amide bonds. The van der Waals surface area contributed by atoms with Crippen LogP contribution in [-0.2, 0) is 36.7 Å². The quantitative estimate of drug-likeness (QED) is 0.294. The molecule has 3 N–H and O–H groups in total. The highest BCUT2D eigenvalue weighted by Gasteiger charge is 2.43. The summed E-state index contributed by atoms with van der Waals surface area (Å²) < 4.78 is 11.0. The number of aliphatic hydroxyl groups excluding tert-OH is 1. The van der Waals surface area contributed by atoms with Crippen molar-refractivity contribution in [3.63, 3.8) is 0 Å². The standard InChI is InChI=1S/C35H49N3O7/c1-8-23-17-19-25(20-18-23)29(30(40)36-27(32(42)44-34(2,3)4)21-24-13-10-9-11-14-24)38(26-15-12-16-26)31(41)28(22-39)37-33(43)45-35(5,6)7/h9-11,13-14,17-20,26-29,39H,8,12,15-16,21-22H2,1-7H3,(H,36,40)(H,37,43). The van der Waals surface area contributed by atoms with Gasteiger partial charge in [0.25, 0.3) is 0 Å². The number of aryl methyl sites for hydroxylation is 1. The van der Waals surface area contributed by atoms with E-state index in [1.54, 1.807) is 53.7 Å². The van der Waals surface area contributed by atoms with Gasteiger partial charge in [0.2, 0.25) is 11.8 Å². The Balaban J connectivity index is 2.03. The Morgan fingerprint density at radius 1 is 0.844 bits per heavy atom. The van der Waals surface area contributed by atoms with Crippen LogP contribution in [0.15, 0.2) is 54.6 Å². The molecule has 3 atom stereocenters. The third-order valence-corrected chi connectivity index (χ3v) is 7.41. The number of amides is 3. The number of aliphatic hydroxyl groups is 1. The Morgan fingerprint density at radius 2 is 1.44 bits per heavy atom. The van der Waals surface area contributed by atoms with E-state index >= 15 is 0 Å². The fourth-order valence-corrected chi connectivity index (χ4v) is 5.04. The molecule has 0 spiro atoms. The van der Waals surface area contributed by atoms with Crippen LogP contribution < -0.4 is 10.6 Å². The number of carbonyl (C=O) groups is 4. The molecule has 45 heavy (non-hydrogen) atoms. The molecule has 1 saturated carbocycles. The van der Waals surface area contributed by atoms with Crippen molar-refractivity contribution in [1.82, 2.24) is 15.5 Å². The molecule has 2 aromatic carbocycles. The van der Waals surface area contributed by atoms with Gasteiger partial charge in [0, 0.05) is 12.5 Å². The Morgan fingerprint density at radius 3 is 1.93 bits per heavy atom. The number of nitrogens with zero attached hydrogens (tertiary/aromatic N) is 1. The molecule has 1 fully saturated rings. The Kier molecular flexibility index (Phi) is 12.2. The van der Waals surface area contributed by atoms with Gasteiger partial charge in [-0.05, 0) is 83.9 Å². The molecule has 10 nitrogen and oxygen atoms in total. The van der Waals surface area contributed by atoms with Gasteiger partial charge in [-0.2, -0.15) is 0 Å². The third kappa shape index (κ3) is 10.6. The number of ether oxygens (including phenoxy) is 2. The first-order chi connectivity index (χ1) is 21.1. The summed E-state index contributed by atoms with van der Waals surface area (Å²) in [6, 6.07) is 12.8.